The topological polar surface area (TPSA) is 43.4 Å². The smallest absolute Gasteiger partial charge is 0.437 e. The average molecular weight is 327 g/mol. The molecule has 0 bridgehead atoms. The van der Waals surface area contributed by atoms with Crippen LogP contribution in [0.1, 0.15) is 12.1 Å². The SMILES string of the molecule is COC1CNCC(COc2cccnc2C(F)(F)F)C1.Cl. The molecule has 0 radical (unpaired) electrons. The van der Waals surface area contributed by atoms with Gasteiger partial charge in [-0.3, -0.25) is 0 Å². The van der Waals surface area contributed by atoms with Gasteiger partial charge in [0, 0.05) is 32.3 Å². The summed E-state index contributed by atoms with van der Waals surface area (Å²) in [7, 11) is 1.62. The summed E-state index contributed by atoms with van der Waals surface area (Å²) < 4.78 is 48.8. The monoisotopic (exact) mass is 326 g/mol. The van der Waals surface area contributed by atoms with Crippen molar-refractivity contribution < 1.29 is 22.6 Å². The van der Waals surface area contributed by atoms with Crippen molar-refractivity contribution in [1.82, 2.24) is 10.3 Å². The van der Waals surface area contributed by atoms with Crippen LogP contribution in [0, 0.1) is 5.92 Å². The van der Waals surface area contributed by atoms with Crippen molar-refractivity contribution in [3.05, 3.63) is 24.0 Å². The van der Waals surface area contributed by atoms with E-state index in [2.05, 4.69) is 10.3 Å². The predicted octanol–water partition coefficient (Wildman–Crippen LogP) is 2.53. The van der Waals surface area contributed by atoms with Crippen LogP contribution in [0.15, 0.2) is 18.3 Å². The van der Waals surface area contributed by atoms with Crippen molar-refractivity contribution in [2.75, 3.05) is 26.8 Å². The Labute approximate surface area is 127 Å². The first-order chi connectivity index (χ1) is 9.50. The number of halogens is 4. The van der Waals surface area contributed by atoms with Crippen LogP contribution < -0.4 is 10.1 Å². The second-order valence-electron chi connectivity index (χ2n) is 4.78. The van der Waals surface area contributed by atoms with E-state index >= 15 is 0 Å². The Morgan fingerprint density at radius 3 is 2.81 bits per heavy atom. The normalized spacial score (nSPS) is 22.5. The number of nitrogens with zero attached hydrogens (tertiary/aromatic N) is 1. The van der Waals surface area contributed by atoms with Crippen molar-refractivity contribution in [2.45, 2.75) is 18.7 Å². The molecule has 0 amide bonds. The third-order valence-corrected chi connectivity index (χ3v) is 3.25. The maximum Gasteiger partial charge on any atom is 0.437 e. The van der Waals surface area contributed by atoms with Crippen molar-refractivity contribution in [2.24, 2.45) is 5.92 Å². The first-order valence-corrected chi connectivity index (χ1v) is 6.39. The van der Waals surface area contributed by atoms with Gasteiger partial charge < -0.3 is 14.8 Å². The Bertz CT molecular complexity index is 446. The lowest BCUT2D eigenvalue weighted by Crippen LogP contribution is -2.42. The maximum atomic E-state index is 12.8. The standard InChI is InChI=1S/C13H17F3N2O2.ClH/c1-19-10-5-9(6-17-7-10)8-20-11-3-2-4-18-12(11)13(14,15)16;/h2-4,9-10,17H,5-8H2,1H3;1H. The lowest BCUT2D eigenvalue weighted by atomic mass is 9.98. The van der Waals surface area contributed by atoms with Crippen molar-refractivity contribution >= 4 is 12.4 Å². The fourth-order valence-corrected chi connectivity index (χ4v) is 2.22. The number of piperidine rings is 1. The van der Waals surface area contributed by atoms with Crippen LogP contribution in [0.3, 0.4) is 0 Å². The van der Waals surface area contributed by atoms with Crippen LogP contribution in [0.25, 0.3) is 0 Å². The van der Waals surface area contributed by atoms with Crippen molar-refractivity contribution in [3.8, 4) is 5.75 Å². The van der Waals surface area contributed by atoms with E-state index in [-0.39, 0.29) is 36.8 Å². The predicted molar refractivity (Wildman–Crippen MR) is 73.8 cm³/mol. The fourth-order valence-electron chi connectivity index (χ4n) is 2.22. The van der Waals surface area contributed by atoms with E-state index in [0.29, 0.717) is 6.54 Å². The summed E-state index contributed by atoms with van der Waals surface area (Å²) >= 11 is 0. The zero-order valence-electron chi connectivity index (χ0n) is 11.5. The molecule has 0 saturated carbocycles. The summed E-state index contributed by atoms with van der Waals surface area (Å²) in [5, 5.41) is 3.17. The van der Waals surface area contributed by atoms with E-state index < -0.39 is 11.9 Å². The minimum atomic E-state index is -4.50. The van der Waals surface area contributed by atoms with Gasteiger partial charge in [0.05, 0.1) is 12.7 Å². The zero-order valence-corrected chi connectivity index (χ0v) is 12.3. The number of alkyl halides is 3. The highest BCUT2D eigenvalue weighted by atomic mass is 35.5. The van der Waals surface area contributed by atoms with Gasteiger partial charge in [-0.25, -0.2) is 4.98 Å². The summed E-state index contributed by atoms with van der Waals surface area (Å²) in [5.41, 5.74) is -0.980. The van der Waals surface area contributed by atoms with Crippen molar-refractivity contribution in [1.29, 1.82) is 0 Å². The highest BCUT2D eigenvalue weighted by Gasteiger charge is 2.36. The largest absolute Gasteiger partial charge is 0.491 e. The summed E-state index contributed by atoms with van der Waals surface area (Å²) in [6.07, 6.45) is -2.55. The minimum absolute atomic E-state index is 0. The van der Waals surface area contributed by atoms with E-state index in [1.165, 1.54) is 12.1 Å². The van der Waals surface area contributed by atoms with E-state index in [1.807, 2.05) is 0 Å². The molecular weight excluding hydrogens is 309 g/mol. The van der Waals surface area contributed by atoms with Gasteiger partial charge in [-0.1, -0.05) is 0 Å². The summed E-state index contributed by atoms with van der Waals surface area (Å²) in [4.78, 5) is 3.35. The van der Waals surface area contributed by atoms with Gasteiger partial charge in [0.15, 0.2) is 5.69 Å². The molecule has 1 saturated heterocycles. The molecule has 1 fully saturated rings. The molecule has 1 aliphatic heterocycles. The number of aromatic nitrogens is 1. The molecule has 2 unspecified atom stereocenters. The highest BCUT2D eigenvalue weighted by molar-refractivity contribution is 5.85. The lowest BCUT2D eigenvalue weighted by Gasteiger charge is -2.29. The number of hydrogen-bond donors (Lipinski definition) is 1. The number of rotatable bonds is 4. The molecule has 2 heterocycles. The molecule has 0 spiro atoms. The molecule has 1 aliphatic rings. The molecule has 0 aromatic carbocycles. The quantitative estimate of drug-likeness (QED) is 0.923. The molecule has 1 aromatic heterocycles. The van der Waals surface area contributed by atoms with Crippen LogP contribution in [-0.4, -0.2) is 37.9 Å². The fraction of sp³-hybridized carbons (Fsp3) is 0.615. The van der Waals surface area contributed by atoms with Gasteiger partial charge in [0.1, 0.15) is 5.75 Å². The van der Waals surface area contributed by atoms with Gasteiger partial charge in [-0.2, -0.15) is 13.2 Å². The molecule has 2 rings (SSSR count). The third kappa shape index (κ3) is 5.01. The number of hydrogen-bond acceptors (Lipinski definition) is 4. The molecule has 1 aromatic rings. The molecule has 2 atom stereocenters. The number of nitrogens with one attached hydrogen (secondary N) is 1. The molecular formula is C13H18ClF3N2O2. The van der Waals surface area contributed by atoms with E-state index in [4.69, 9.17) is 9.47 Å². The van der Waals surface area contributed by atoms with E-state index in [1.54, 1.807) is 7.11 Å². The second kappa shape index (κ2) is 7.82. The van der Waals surface area contributed by atoms with Gasteiger partial charge >= 0.3 is 6.18 Å². The maximum absolute atomic E-state index is 12.8. The first-order valence-electron chi connectivity index (χ1n) is 6.39. The number of methoxy groups -OCH3 is 1. The molecule has 21 heavy (non-hydrogen) atoms. The van der Waals surface area contributed by atoms with E-state index in [9.17, 15) is 13.2 Å². The minimum Gasteiger partial charge on any atom is -0.491 e. The highest BCUT2D eigenvalue weighted by Crippen LogP contribution is 2.34. The summed E-state index contributed by atoms with van der Waals surface area (Å²) in [6, 6.07) is 2.72. The molecule has 120 valence electrons. The van der Waals surface area contributed by atoms with Crippen LogP contribution in [0.5, 0.6) is 5.75 Å². The molecule has 0 aliphatic carbocycles. The Kier molecular flexibility index (Phi) is 6.70. The molecule has 1 N–H and O–H groups in total. The van der Waals surface area contributed by atoms with Crippen molar-refractivity contribution in [3.63, 3.8) is 0 Å². The average Bonchev–Trinajstić information content (AvgIpc) is 2.44. The summed E-state index contributed by atoms with van der Waals surface area (Å²) in [5.74, 6) is -0.102. The number of pyridine rings is 1. The zero-order chi connectivity index (χ0) is 14.6. The van der Waals surface area contributed by atoms with Gasteiger partial charge in [-0.15, -0.1) is 12.4 Å². The van der Waals surface area contributed by atoms with Gasteiger partial charge in [-0.05, 0) is 18.6 Å². The van der Waals surface area contributed by atoms with Crippen LogP contribution >= 0.6 is 12.4 Å². The van der Waals surface area contributed by atoms with E-state index in [0.717, 1.165) is 19.2 Å². The molecule has 8 heteroatoms. The Morgan fingerprint density at radius 2 is 2.14 bits per heavy atom. The third-order valence-electron chi connectivity index (χ3n) is 3.25. The van der Waals surface area contributed by atoms with Gasteiger partial charge in [0.25, 0.3) is 0 Å². The Balaban J connectivity index is 0.00000220. The van der Waals surface area contributed by atoms with Gasteiger partial charge in [0.2, 0.25) is 0 Å². The van der Waals surface area contributed by atoms with Crippen LogP contribution in [0.4, 0.5) is 13.2 Å². The lowest BCUT2D eigenvalue weighted by molar-refractivity contribution is -0.142. The van der Waals surface area contributed by atoms with Crippen LogP contribution in [0.2, 0.25) is 0 Å². The molecule has 4 nitrogen and oxygen atoms in total. The summed E-state index contributed by atoms with van der Waals surface area (Å²) in [6.45, 7) is 1.68. The Morgan fingerprint density at radius 1 is 1.38 bits per heavy atom. The first kappa shape index (κ1) is 18.0. The van der Waals surface area contributed by atoms with Crippen LogP contribution in [-0.2, 0) is 10.9 Å². The second-order valence-corrected chi connectivity index (χ2v) is 4.78. The number of ether oxygens (including phenoxy) is 2. The Hall–Kier alpha value is -1.05.